The summed E-state index contributed by atoms with van der Waals surface area (Å²) in [6.07, 6.45) is 7.32. The standard InChI is InChI=1S/C19H26O5/c1-3-4-5-6-7-8-11-23-14-9-10-15(17(12-14)22-2)16-13-18(20)24-19(16)21/h9-10,12-13,19,21H,3-8,11H2,1-2H3. The van der Waals surface area contributed by atoms with Crippen LogP contribution in [0.1, 0.15) is 51.0 Å². The van der Waals surface area contributed by atoms with Crippen molar-refractivity contribution in [1.29, 1.82) is 0 Å². The van der Waals surface area contributed by atoms with Gasteiger partial charge in [-0.2, -0.15) is 0 Å². The molecule has 0 aliphatic carbocycles. The van der Waals surface area contributed by atoms with Gasteiger partial charge in [-0.3, -0.25) is 0 Å². The molecular formula is C19H26O5. The lowest BCUT2D eigenvalue weighted by atomic mass is 10.0. The summed E-state index contributed by atoms with van der Waals surface area (Å²) >= 11 is 0. The molecule has 0 saturated heterocycles. The number of carbonyl (C=O) groups excluding carboxylic acids is 1. The van der Waals surface area contributed by atoms with Gasteiger partial charge in [-0.05, 0) is 18.6 Å². The Morgan fingerprint density at radius 2 is 1.92 bits per heavy atom. The highest BCUT2D eigenvalue weighted by Gasteiger charge is 2.27. The summed E-state index contributed by atoms with van der Waals surface area (Å²) in [4.78, 5) is 11.2. The Morgan fingerprint density at radius 3 is 2.58 bits per heavy atom. The highest BCUT2D eigenvalue weighted by atomic mass is 16.6. The molecule has 5 nitrogen and oxygen atoms in total. The van der Waals surface area contributed by atoms with Crippen LogP contribution in [0.5, 0.6) is 11.5 Å². The van der Waals surface area contributed by atoms with E-state index in [0.717, 1.165) is 6.42 Å². The third-order valence-corrected chi connectivity index (χ3v) is 4.02. The van der Waals surface area contributed by atoms with Crippen molar-refractivity contribution in [3.8, 4) is 11.5 Å². The average molecular weight is 334 g/mol. The molecule has 132 valence electrons. The molecule has 0 aromatic heterocycles. The highest BCUT2D eigenvalue weighted by molar-refractivity contribution is 5.97. The van der Waals surface area contributed by atoms with Crippen LogP contribution in [0, 0.1) is 0 Å². The van der Waals surface area contributed by atoms with Crippen LogP contribution in [0.25, 0.3) is 5.57 Å². The Labute approximate surface area is 143 Å². The number of unbranched alkanes of at least 4 members (excludes halogenated alkanes) is 5. The van der Waals surface area contributed by atoms with E-state index in [0.29, 0.717) is 29.2 Å². The molecule has 1 N–H and O–H groups in total. The third kappa shape index (κ3) is 4.99. The van der Waals surface area contributed by atoms with Crippen molar-refractivity contribution in [2.24, 2.45) is 0 Å². The van der Waals surface area contributed by atoms with Crippen molar-refractivity contribution in [3.05, 3.63) is 29.8 Å². The molecule has 5 heteroatoms. The average Bonchev–Trinajstić information content (AvgIpc) is 2.92. The van der Waals surface area contributed by atoms with Gasteiger partial charge in [0.2, 0.25) is 6.29 Å². The number of aliphatic hydroxyl groups excluding tert-OH is 1. The Hall–Kier alpha value is -2.01. The van der Waals surface area contributed by atoms with E-state index in [1.165, 1.54) is 38.2 Å². The molecule has 0 saturated carbocycles. The number of cyclic esters (lactones) is 1. The minimum atomic E-state index is -1.25. The van der Waals surface area contributed by atoms with Crippen LogP contribution < -0.4 is 9.47 Å². The van der Waals surface area contributed by atoms with Crippen molar-refractivity contribution >= 4 is 11.5 Å². The highest BCUT2D eigenvalue weighted by Crippen LogP contribution is 2.34. The number of hydrogen-bond acceptors (Lipinski definition) is 5. The monoisotopic (exact) mass is 334 g/mol. The van der Waals surface area contributed by atoms with E-state index in [1.54, 1.807) is 19.2 Å². The molecule has 0 radical (unpaired) electrons. The van der Waals surface area contributed by atoms with E-state index in [4.69, 9.17) is 14.2 Å². The van der Waals surface area contributed by atoms with E-state index in [9.17, 15) is 9.90 Å². The molecule has 0 fully saturated rings. The zero-order chi connectivity index (χ0) is 17.4. The van der Waals surface area contributed by atoms with E-state index in [-0.39, 0.29) is 0 Å². The molecule has 0 amide bonds. The molecule has 1 aromatic carbocycles. The number of hydrogen-bond donors (Lipinski definition) is 1. The molecule has 2 rings (SSSR count). The number of esters is 1. The van der Waals surface area contributed by atoms with Gasteiger partial charge in [-0.15, -0.1) is 0 Å². The molecule has 1 aliphatic heterocycles. The van der Waals surface area contributed by atoms with E-state index in [1.807, 2.05) is 6.07 Å². The van der Waals surface area contributed by atoms with Crippen molar-refractivity contribution in [2.45, 2.75) is 51.7 Å². The van der Waals surface area contributed by atoms with Crippen molar-refractivity contribution in [2.75, 3.05) is 13.7 Å². The van der Waals surface area contributed by atoms with Gasteiger partial charge in [0.1, 0.15) is 11.5 Å². The fourth-order valence-electron chi connectivity index (χ4n) is 2.69. The number of carbonyl (C=O) groups is 1. The normalized spacial score (nSPS) is 16.7. The molecule has 1 aromatic rings. The number of methoxy groups -OCH3 is 1. The molecule has 0 spiro atoms. The van der Waals surface area contributed by atoms with Gasteiger partial charge in [0.15, 0.2) is 0 Å². The first kappa shape index (κ1) is 18.3. The summed E-state index contributed by atoms with van der Waals surface area (Å²) in [5, 5.41) is 9.77. The van der Waals surface area contributed by atoms with Crippen LogP contribution in [0.15, 0.2) is 24.3 Å². The second-order valence-electron chi connectivity index (χ2n) is 5.87. The summed E-state index contributed by atoms with van der Waals surface area (Å²) < 4.78 is 15.8. The van der Waals surface area contributed by atoms with Crippen LogP contribution in [0.4, 0.5) is 0 Å². The van der Waals surface area contributed by atoms with Gasteiger partial charge in [-0.25, -0.2) is 4.79 Å². The van der Waals surface area contributed by atoms with Crippen molar-refractivity contribution in [1.82, 2.24) is 0 Å². The fourth-order valence-corrected chi connectivity index (χ4v) is 2.69. The third-order valence-electron chi connectivity index (χ3n) is 4.02. The minimum absolute atomic E-state index is 0.402. The lowest BCUT2D eigenvalue weighted by Gasteiger charge is -2.14. The zero-order valence-electron chi connectivity index (χ0n) is 14.4. The number of benzene rings is 1. The molecule has 1 unspecified atom stereocenters. The second kappa shape index (κ2) is 9.33. The summed E-state index contributed by atoms with van der Waals surface area (Å²) in [6.45, 7) is 2.88. The zero-order valence-corrected chi connectivity index (χ0v) is 14.4. The number of aliphatic hydroxyl groups is 1. The van der Waals surface area contributed by atoms with Crippen LogP contribution in [-0.2, 0) is 9.53 Å². The number of ether oxygens (including phenoxy) is 3. The van der Waals surface area contributed by atoms with E-state index < -0.39 is 12.3 Å². The lowest BCUT2D eigenvalue weighted by Crippen LogP contribution is -2.10. The predicted octanol–water partition coefficient (Wildman–Crippen LogP) is 3.69. The van der Waals surface area contributed by atoms with Crippen LogP contribution in [0.2, 0.25) is 0 Å². The van der Waals surface area contributed by atoms with E-state index >= 15 is 0 Å². The Bertz CT molecular complexity index is 579. The quantitative estimate of drug-likeness (QED) is 0.522. The molecule has 24 heavy (non-hydrogen) atoms. The van der Waals surface area contributed by atoms with Gasteiger partial charge < -0.3 is 19.3 Å². The Balaban J connectivity index is 1.90. The van der Waals surface area contributed by atoms with E-state index in [2.05, 4.69) is 6.92 Å². The largest absolute Gasteiger partial charge is 0.496 e. The predicted molar refractivity (Wildman–Crippen MR) is 91.9 cm³/mol. The molecule has 1 heterocycles. The first-order valence-corrected chi connectivity index (χ1v) is 8.57. The Kier molecular flexibility index (Phi) is 7.12. The maximum atomic E-state index is 11.2. The maximum absolute atomic E-state index is 11.2. The SMILES string of the molecule is CCCCCCCCOc1ccc(C2=CC(=O)OC2O)c(OC)c1. The maximum Gasteiger partial charge on any atom is 0.333 e. The summed E-state index contributed by atoms with van der Waals surface area (Å²) in [7, 11) is 1.54. The van der Waals surface area contributed by atoms with Crippen LogP contribution >= 0.6 is 0 Å². The molecule has 0 bridgehead atoms. The van der Waals surface area contributed by atoms with Crippen LogP contribution in [-0.4, -0.2) is 31.1 Å². The summed E-state index contributed by atoms with van der Waals surface area (Å²) in [5.41, 5.74) is 1.03. The van der Waals surface area contributed by atoms with Gasteiger partial charge in [-0.1, -0.05) is 39.0 Å². The van der Waals surface area contributed by atoms with Gasteiger partial charge >= 0.3 is 5.97 Å². The van der Waals surface area contributed by atoms with Crippen molar-refractivity contribution in [3.63, 3.8) is 0 Å². The van der Waals surface area contributed by atoms with Gasteiger partial charge in [0.25, 0.3) is 0 Å². The summed E-state index contributed by atoms with van der Waals surface area (Å²) in [5.74, 6) is 0.700. The van der Waals surface area contributed by atoms with Gasteiger partial charge in [0, 0.05) is 23.3 Å². The minimum Gasteiger partial charge on any atom is -0.496 e. The van der Waals surface area contributed by atoms with Crippen LogP contribution in [0.3, 0.4) is 0 Å². The fraction of sp³-hybridized carbons (Fsp3) is 0.526. The molecule has 1 atom stereocenters. The van der Waals surface area contributed by atoms with Crippen molar-refractivity contribution < 1.29 is 24.1 Å². The first-order chi connectivity index (χ1) is 11.7. The number of rotatable bonds is 10. The topological polar surface area (TPSA) is 65.0 Å². The smallest absolute Gasteiger partial charge is 0.333 e. The molecular weight excluding hydrogens is 308 g/mol. The lowest BCUT2D eigenvalue weighted by molar-refractivity contribution is -0.149. The van der Waals surface area contributed by atoms with Gasteiger partial charge in [0.05, 0.1) is 13.7 Å². The first-order valence-electron chi connectivity index (χ1n) is 8.57. The molecule has 1 aliphatic rings. The second-order valence-corrected chi connectivity index (χ2v) is 5.87. The Morgan fingerprint density at radius 1 is 1.17 bits per heavy atom. The summed E-state index contributed by atoms with van der Waals surface area (Å²) in [6, 6.07) is 5.35.